The summed E-state index contributed by atoms with van der Waals surface area (Å²) < 4.78 is 18.9. The Kier molecular flexibility index (Phi) is 5.50. The van der Waals surface area contributed by atoms with Gasteiger partial charge < -0.3 is 14.5 Å². The molecule has 1 aromatic carbocycles. The van der Waals surface area contributed by atoms with Crippen molar-refractivity contribution in [3.05, 3.63) is 47.9 Å². The first-order chi connectivity index (χ1) is 13.2. The van der Waals surface area contributed by atoms with Crippen LogP contribution in [0.4, 0.5) is 16.2 Å². The van der Waals surface area contributed by atoms with Gasteiger partial charge in [0.2, 0.25) is 5.95 Å². The Balaban J connectivity index is 1.39. The Morgan fingerprint density at radius 3 is 2.52 bits per heavy atom. The van der Waals surface area contributed by atoms with Gasteiger partial charge >= 0.3 is 0 Å². The first kappa shape index (κ1) is 18.1. The Bertz CT molecular complexity index is 760. The third-order valence-electron chi connectivity index (χ3n) is 5.44. The molecule has 0 saturated carbocycles. The van der Waals surface area contributed by atoms with Crippen molar-refractivity contribution in [2.45, 2.75) is 13.0 Å². The van der Waals surface area contributed by atoms with Crippen LogP contribution in [0.15, 0.2) is 36.5 Å². The quantitative estimate of drug-likeness (QED) is 0.822. The molecule has 6 nitrogen and oxygen atoms in total. The van der Waals surface area contributed by atoms with Crippen LogP contribution in [0.25, 0.3) is 0 Å². The average Bonchev–Trinajstić information content (AvgIpc) is 2.74. The fourth-order valence-electron chi connectivity index (χ4n) is 3.75. The SMILES string of the molecule is C[C@@H](c1cccc(F)c1)N1CCN(c2ccnc(N3CCOCC3)n2)CC1. The predicted octanol–water partition coefficient (Wildman–Crippen LogP) is 2.34. The van der Waals surface area contributed by atoms with Crippen LogP contribution in [-0.2, 0) is 4.74 Å². The topological polar surface area (TPSA) is 44.7 Å². The zero-order valence-corrected chi connectivity index (χ0v) is 15.7. The third-order valence-corrected chi connectivity index (χ3v) is 5.44. The van der Waals surface area contributed by atoms with E-state index in [9.17, 15) is 4.39 Å². The van der Waals surface area contributed by atoms with Gasteiger partial charge in [-0.05, 0) is 30.7 Å². The smallest absolute Gasteiger partial charge is 0.227 e. The second kappa shape index (κ2) is 8.19. The number of nitrogens with zero attached hydrogens (tertiary/aromatic N) is 5. The highest BCUT2D eigenvalue weighted by molar-refractivity contribution is 5.44. The number of piperazine rings is 1. The summed E-state index contributed by atoms with van der Waals surface area (Å²) in [7, 11) is 0. The number of hydrogen-bond acceptors (Lipinski definition) is 6. The van der Waals surface area contributed by atoms with Gasteiger partial charge in [-0.15, -0.1) is 0 Å². The molecule has 0 spiro atoms. The van der Waals surface area contributed by atoms with Gasteiger partial charge in [0.1, 0.15) is 11.6 Å². The molecular weight excluding hydrogens is 345 g/mol. The van der Waals surface area contributed by atoms with E-state index < -0.39 is 0 Å². The molecule has 1 aromatic heterocycles. The number of halogens is 1. The molecular formula is C20H26FN5O. The number of rotatable bonds is 4. The molecule has 0 unspecified atom stereocenters. The molecule has 144 valence electrons. The highest BCUT2D eigenvalue weighted by Gasteiger charge is 2.24. The molecule has 2 fully saturated rings. The van der Waals surface area contributed by atoms with Crippen molar-refractivity contribution in [3.63, 3.8) is 0 Å². The summed E-state index contributed by atoms with van der Waals surface area (Å²) in [5.41, 5.74) is 1.03. The number of benzene rings is 1. The highest BCUT2D eigenvalue weighted by atomic mass is 19.1. The van der Waals surface area contributed by atoms with Gasteiger partial charge in [0.15, 0.2) is 0 Å². The lowest BCUT2D eigenvalue weighted by Gasteiger charge is -2.39. The predicted molar refractivity (Wildman–Crippen MR) is 104 cm³/mol. The van der Waals surface area contributed by atoms with E-state index in [1.165, 1.54) is 6.07 Å². The first-order valence-corrected chi connectivity index (χ1v) is 9.61. The zero-order chi connectivity index (χ0) is 18.6. The minimum atomic E-state index is -0.172. The Labute approximate surface area is 159 Å². The standard InChI is InChI=1S/C20H26FN5O/c1-16(17-3-2-4-18(21)15-17)24-7-9-25(10-8-24)19-5-6-22-20(23-19)26-11-13-27-14-12-26/h2-6,15-16H,7-14H2,1H3/t16-/m0/s1. The van der Waals surface area contributed by atoms with Crippen molar-refractivity contribution in [1.29, 1.82) is 0 Å². The van der Waals surface area contributed by atoms with Crippen molar-refractivity contribution in [3.8, 4) is 0 Å². The van der Waals surface area contributed by atoms with E-state index in [1.54, 1.807) is 12.1 Å². The number of morpholine rings is 1. The summed E-state index contributed by atoms with van der Waals surface area (Å²) in [5, 5.41) is 0. The van der Waals surface area contributed by atoms with Crippen LogP contribution in [0.1, 0.15) is 18.5 Å². The lowest BCUT2D eigenvalue weighted by Crippen LogP contribution is -2.47. The fraction of sp³-hybridized carbons (Fsp3) is 0.500. The van der Waals surface area contributed by atoms with Gasteiger partial charge in [0, 0.05) is 51.5 Å². The monoisotopic (exact) mass is 371 g/mol. The maximum Gasteiger partial charge on any atom is 0.227 e. The summed E-state index contributed by atoms with van der Waals surface area (Å²) in [6.07, 6.45) is 1.84. The molecule has 0 aliphatic carbocycles. The van der Waals surface area contributed by atoms with Crippen LogP contribution < -0.4 is 9.80 Å². The van der Waals surface area contributed by atoms with Crippen molar-refractivity contribution >= 4 is 11.8 Å². The zero-order valence-electron chi connectivity index (χ0n) is 15.7. The third kappa shape index (κ3) is 4.20. The van der Waals surface area contributed by atoms with Crippen molar-refractivity contribution < 1.29 is 9.13 Å². The Morgan fingerprint density at radius 1 is 1.00 bits per heavy atom. The largest absolute Gasteiger partial charge is 0.378 e. The second-order valence-corrected chi connectivity index (χ2v) is 7.07. The first-order valence-electron chi connectivity index (χ1n) is 9.61. The molecule has 1 atom stereocenters. The molecule has 0 radical (unpaired) electrons. The molecule has 0 bridgehead atoms. The lowest BCUT2D eigenvalue weighted by molar-refractivity contribution is 0.122. The molecule has 0 N–H and O–H groups in total. The normalized spacial score (nSPS) is 19.9. The number of ether oxygens (including phenoxy) is 1. The van der Waals surface area contributed by atoms with Crippen molar-refractivity contribution in [2.75, 3.05) is 62.3 Å². The molecule has 2 aliphatic heterocycles. The lowest BCUT2D eigenvalue weighted by atomic mass is 10.1. The number of anilines is 2. The van der Waals surface area contributed by atoms with E-state index in [1.807, 2.05) is 18.3 Å². The van der Waals surface area contributed by atoms with Gasteiger partial charge in [-0.3, -0.25) is 4.90 Å². The maximum atomic E-state index is 13.5. The molecule has 2 aromatic rings. The minimum Gasteiger partial charge on any atom is -0.378 e. The van der Waals surface area contributed by atoms with E-state index in [-0.39, 0.29) is 11.9 Å². The maximum absolute atomic E-state index is 13.5. The van der Waals surface area contributed by atoms with E-state index >= 15 is 0 Å². The van der Waals surface area contributed by atoms with Crippen LogP contribution in [0.2, 0.25) is 0 Å². The molecule has 7 heteroatoms. The summed E-state index contributed by atoms with van der Waals surface area (Å²) in [6.45, 7) is 8.92. The van der Waals surface area contributed by atoms with Crippen LogP contribution in [0, 0.1) is 5.82 Å². The van der Waals surface area contributed by atoms with Gasteiger partial charge in [-0.25, -0.2) is 9.37 Å². The Hall–Kier alpha value is -2.25. The van der Waals surface area contributed by atoms with Crippen LogP contribution in [0.3, 0.4) is 0 Å². The molecule has 0 amide bonds. The van der Waals surface area contributed by atoms with Gasteiger partial charge in [0.05, 0.1) is 13.2 Å². The van der Waals surface area contributed by atoms with E-state index in [4.69, 9.17) is 9.72 Å². The molecule has 4 rings (SSSR count). The molecule has 27 heavy (non-hydrogen) atoms. The molecule has 2 saturated heterocycles. The summed E-state index contributed by atoms with van der Waals surface area (Å²) in [4.78, 5) is 16.1. The van der Waals surface area contributed by atoms with E-state index in [0.717, 1.165) is 69.8 Å². The fourth-order valence-corrected chi connectivity index (χ4v) is 3.75. The van der Waals surface area contributed by atoms with Gasteiger partial charge in [-0.1, -0.05) is 12.1 Å². The van der Waals surface area contributed by atoms with Crippen LogP contribution >= 0.6 is 0 Å². The molecule has 3 heterocycles. The average molecular weight is 371 g/mol. The number of aromatic nitrogens is 2. The van der Waals surface area contributed by atoms with Gasteiger partial charge in [0.25, 0.3) is 0 Å². The molecule has 2 aliphatic rings. The second-order valence-electron chi connectivity index (χ2n) is 7.07. The van der Waals surface area contributed by atoms with Crippen LogP contribution in [0.5, 0.6) is 0 Å². The van der Waals surface area contributed by atoms with Gasteiger partial charge in [-0.2, -0.15) is 4.98 Å². The highest BCUT2D eigenvalue weighted by Crippen LogP contribution is 2.24. The summed E-state index contributed by atoms with van der Waals surface area (Å²) in [5.74, 6) is 1.59. The van der Waals surface area contributed by atoms with Crippen LogP contribution in [-0.4, -0.2) is 67.4 Å². The summed E-state index contributed by atoms with van der Waals surface area (Å²) in [6, 6.07) is 9.10. The Morgan fingerprint density at radius 2 is 1.78 bits per heavy atom. The van der Waals surface area contributed by atoms with Crippen molar-refractivity contribution in [2.24, 2.45) is 0 Å². The number of hydrogen-bond donors (Lipinski definition) is 0. The summed E-state index contributed by atoms with van der Waals surface area (Å²) >= 11 is 0. The van der Waals surface area contributed by atoms with Crippen molar-refractivity contribution in [1.82, 2.24) is 14.9 Å². The minimum absolute atomic E-state index is 0.172. The van der Waals surface area contributed by atoms with E-state index in [0.29, 0.717) is 0 Å². The van der Waals surface area contributed by atoms with E-state index in [2.05, 4.69) is 26.6 Å².